The normalized spacial score (nSPS) is 11.6. The smallest absolute Gasteiger partial charge is 0.335 e. The molecule has 0 radical (unpaired) electrons. The molecule has 0 aliphatic rings. The van der Waals surface area contributed by atoms with Crippen molar-refractivity contribution in [3.05, 3.63) is 65.5 Å². The average molecular weight is 345 g/mol. The van der Waals surface area contributed by atoms with Gasteiger partial charge in [0, 0.05) is 6.42 Å². The third-order valence-corrected chi connectivity index (χ3v) is 3.62. The number of aromatic carboxylic acids is 1. The fourth-order valence-electron chi connectivity index (χ4n) is 2.34. The molecular formula is C19H20FNO4. The van der Waals surface area contributed by atoms with Crippen LogP contribution in [-0.4, -0.2) is 29.6 Å². The van der Waals surface area contributed by atoms with E-state index in [2.05, 4.69) is 5.32 Å². The van der Waals surface area contributed by atoms with Crippen LogP contribution in [0.2, 0.25) is 0 Å². The summed E-state index contributed by atoms with van der Waals surface area (Å²) in [5.74, 6) is -1.54. The summed E-state index contributed by atoms with van der Waals surface area (Å²) in [4.78, 5) is 23.1. The molecule has 6 heteroatoms. The van der Waals surface area contributed by atoms with E-state index >= 15 is 0 Å². The highest BCUT2D eigenvalue weighted by atomic mass is 19.1. The molecule has 132 valence electrons. The zero-order chi connectivity index (χ0) is 18.2. The highest BCUT2D eigenvalue weighted by Crippen LogP contribution is 2.16. The summed E-state index contributed by atoms with van der Waals surface area (Å²) in [6, 6.07) is 12.7. The number of aryl methyl sites for hydroxylation is 1. The van der Waals surface area contributed by atoms with Gasteiger partial charge < -0.3 is 15.2 Å². The monoisotopic (exact) mass is 345 g/mol. The molecule has 1 unspecified atom stereocenters. The highest BCUT2D eigenvalue weighted by Gasteiger charge is 2.12. The van der Waals surface area contributed by atoms with Crippen molar-refractivity contribution in [3.63, 3.8) is 0 Å². The first-order valence-corrected chi connectivity index (χ1v) is 7.96. The molecule has 2 rings (SSSR count). The molecule has 1 atom stereocenters. The maximum absolute atomic E-state index is 13.5. The Morgan fingerprint density at radius 3 is 2.56 bits per heavy atom. The number of carboxylic acids is 1. The molecule has 25 heavy (non-hydrogen) atoms. The molecule has 0 saturated heterocycles. The molecule has 0 aliphatic carbocycles. The number of ether oxygens (including phenoxy) is 1. The summed E-state index contributed by atoms with van der Waals surface area (Å²) in [6.45, 7) is 1.96. The first-order chi connectivity index (χ1) is 12.0. The summed E-state index contributed by atoms with van der Waals surface area (Å²) in [5, 5.41) is 11.8. The fraction of sp³-hybridized carbons (Fsp3) is 0.263. The van der Waals surface area contributed by atoms with Crippen LogP contribution in [0.25, 0.3) is 0 Å². The van der Waals surface area contributed by atoms with Crippen molar-refractivity contribution in [1.29, 1.82) is 0 Å². The topological polar surface area (TPSA) is 75.6 Å². The van der Waals surface area contributed by atoms with Crippen LogP contribution in [0.3, 0.4) is 0 Å². The lowest BCUT2D eigenvalue weighted by Crippen LogP contribution is -2.33. The molecule has 0 aromatic heterocycles. The van der Waals surface area contributed by atoms with E-state index in [0.717, 1.165) is 0 Å². The van der Waals surface area contributed by atoms with Crippen molar-refractivity contribution in [2.24, 2.45) is 0 Å². The maximum atomic E-state index is 13.5. The lowest BCUT2D eigenvalue weighted by Gasteiger charge is -2.16. The van der Waals surface area contributed by atoms with Crippen molar-refractivity contribution >= 4 is 11.9 Å². The van der Waals surface area contributed by atoms with Gasteiger partial charge in [-0.3, -0.25) is 4.79 Å². The summed E-state index contributed by atoms with van der Waals surface area (Å²) in [6.07, 6.45) is 0.0975. The zero-order valence-electron chi connectivity index (χ0n) is 13.9. The van der Waals surface area contributed by atoms with Crippen LogP contribution in [0.1, 0.15) is 29.3 Å². The predicted octanol–water partition coefficient (Wildman–Crippen LogP) is 3.04. The maximum Gasteiger partial charge on any atom is 0.335 e. The molecule has 2 aromatic rings. The summed E-state index contributed by atoms with van der Waals surface area (Å²) >= 11 is 0. The zero-order valence-corrected chi connectivity index (χ0v) is 13.9. The lowest BCUT2D eigenvalue weighted by atomic mass is 10.0. The van der Waals surface area contributed by atoms with Gasteiger partial charge in [0.05, 0.1) is 12.1 Å². The highest BCUT2D eigenvalue weighted by molar-refractivity contribution is 5.89. The molecule has 0 heterocycles. The van der Waals surface area contributed by atoms with E-state index in [1.807, 2.05) is 0 Å². The molecule has 5 nitrogen and oxygen atoms in total. The van der Waals surface area contributed by atoms with E-state index < -0.39 is 17.9 Å². The van der Waals surface area contributed by atoms with Crippen molar-refractivity contribution in [2.45, 2.75) is 25.9 Å². The summed E-state index contributed by atoms with van der Waals surface area (Å²) < 4.78 is 18.9. The Labute approximate surface area is 145 Å². The van der Waals surface area contributed by atoms with Crippen LogP contribution in [0.5, 0.6) is 5.75 Å². The average Bonchev–Trinajstić information content (AvgIpc) is 2.60. The van der Waals surface area contributed by atoms with Gasteiger partial charge in [0.25, 0.3) is 0 Å². The lowest BCUT2D eigenvalue weighted by molar-refractivity contribution is -0.121. The van der Waals surface area contributed by atoms with Crippen LogP contribution in [0.4, 0.5) is 4.39 Å². The molecule has 2 N–H and O–H groups in total. The number of rotatable bonds is 8. The van der Waals surface area contributed by atoms with Crippen molar-refractivity contribution in [1.82, 2.24) is 5.32 Å². The minimum Gasteiger partial charge on any atom is -0.486 e. The minimum absolute atomic E-state index is 0.139. The number of halogens is 1. The van der Waals surface area contributed by atoms with Gasteiger partial charge in [-0.15, -0.1) is 0 Å². The Bertz CT molecular complexity index is 748. The second-order valence-electron chi connectivity index (χ2n) is 5.63. The second-order valence-corrected chi connectivity index (χ2v) is 5.63. The SMILES string of the molecule is CC(CNC(=O)CCc1ccccc1C(=O)O)Oc1ccccc1F. The van der Waals surface area contributed by atoms with E-state index in [1.165, 1.54) is 18.2 Å². The Kier molecular flexibility index (Phi) is 6.51. The van der Waals surface area contributed by atoms with E-state index in [1.54, 1.807) is 37.3 Å². The predicted molar refractivity (Wildman–Crippen MR) is 91.2 cm³/mol. The van der Waals surface area contributed by atoms with Crippen molar-refractivity contribution < 1.29 is 23.8 Å². The van der Waals surface area contributed by atoms with Crippen molar-refractivity contribution in [2.75, 3.05) is 6.54 Å². The third-order valence-electron chi connectivity index (χ3n) is 3.62. The number of benzene rings is 2. The van der Waals surface area contributed by atoms with Crippen LogP contribution in [0, 0.1) is 5.82 Å². The van der Waals surface area contributed by atoms with Gasteiger partial charge in [0.2, 0.25) is 5.91 Å². The number of nitrogens with one attached hydrogen (secondary N) is 1. The van der Waals surface area contributed by atoms with Crippen molar-refractivity contribution in [3.8, 4) is 5.75 Å². The molecule has 2 aromatic carbocycles. The van der Waals surface area contributed by atoms with Gasteiger partial charge >= 0.3 is 5.97 Å². The quantitative estimate of drug-likeness (QED) is 0.771. The second kappa shape index (κ2) is 8.82. The molecule has 0 saturated carbocycles. The number of hydrogen-bond donors (Lipinski definition) is 2. The van der Waals surface area contributed by atoms with Gasteiger partial charge in [0.1, 0.15) is 6.10 Å². The molecular weight excluding hydrogens is 325 g/mol. The van der Waals surface area contributed by atoms with Crippen LogP contribution >= 0.6 is 0 Å². The first-order valence-electron chi connectivity index (χ1n) is 7.96. The van der Waals surface area contributed by atoms with Gasteiger partial charge in [-0.1, -0.05) is 30.3 Å². The van der Waals surface area contributed by atoms with Gasteiger partial charge in [-0.2, -0.15) is 0 Å². The number of amides is 1. The Morgan fingerprint density at radius 2 is 1.84 bits per heavy atom. The Morgan fingerprint density at radius 1 is 1.16 bits per heavy atom. The molecule has 1 amide bonds. The summed E-state index contributed by atoms with van der Waals surface area (Å²) in [5.41, 5.74) is 0.812. The van der Waals surface area contributed by atoms with Crippen LogP contribution < -0.4 is 10.1 Å². The largest absolute Gasteiger partial charge is 0.486 e. The number of para-hydroxylation sites is 1. The van der Waals surface area contributed by atoms with E-state index in [-0.39, 0.29) is 30.2 Å². The summed E-state index contributed by atoms with van der Waals surface area (Å²) in [7, 11) is 0. The fourth-order valence-corrected chi connectivity index (χ4v) is 2.34. The Balaban J connectivity index is 1.79. The standard InChI is InChI=1S/C19H20FNO4/c1-13(25-17-9-5-4-8-16(17)20)12-21-18(22)11-10-14-6-2-3-7-15(14)19(23)24/h2-9,13H,10-12H2,1H3,(H,21,22)(H,23,24). The number of carbonyl (C=O) groups is 2. The van der Waals surface area contributed by atoms with Crippen LogP contribution in [0.15, 0.2) is 48.5 Å². The van der Waals surface area contributed by atoms with E-state index in [0.29, 0.717) is 12.0 Å². The number of hydrogen-bond acceptors (Lipinski definition) is 3. The Hall–Kier alpha value is -2.89. The third kappa shape index (κ3) is 5.60. The van der Waals surface area contributed by atoms with E-state index in [4.69, 9.17) is 9.84 Å². The molecule has 0 bridgehead atoms. The van der Waals surface area contributed by atoms with E-state index in [9.17, 15) is 14.0 Å². The van der Waals surface area contributed by atoms with Gasteiger partial charge in [0.15, 0.2) is 11.6 Å². The molecule has 0 spiro atoms. The molecule has 0 aliphatic heterocycles. The minimum atomic E-state index is -1.01. The number of carbonyl (C=O) groups excluding carboxylic acids is 1. The van der Waals surface area contributed by atoms with Gasteiger partial charge in [-0.25, -0.2) is 9.18 Å². The van der Waals surface area contributed by atoms with Crippen LogP contribution in [-0.2, 0) is 11.2 Å². The van der Waals surface area contributed by atoms with Gasteiger partial charge in [-0.05, 0) is 37.1 Å². The first kappa shape index (κ1) is 18.4. The molecule has 0 fully saturated rings. The number of carboxylic acid groups (broad SMARTS) is 1.